The fraction of sp³-hybridized carbons (Fsp3) is 0.296. The average molecular weight is 539 g/mol. The van der Waals surface area contributed by atoms with Gasteiger partial charge in [0, 0.05) is 36.5 Å². The molecule has 4 rings (SSSR count). The topological polar surface area (TPSA) is 132 Å². The lowest BCUT2D eigenvalue weighted by atomic mass is 10.1. The van der Waals surface area contributed by atoms with Gasteiger partial charge in [0.2, 0.25) is 0 Å². The largest absolute Gasteiger partial charge is 0.497 e. The first kappa shape index (κ1) is 27.1. The molecule has 0 aliphatic heterocycles. The number of pyridine rings is 1. The van der Waals surface area contributed by atoms with Crippen molar-refractivity contribution in [2.75, 3.05) is 33.6 Å². The summed E-state index contributed by atoms with van der Waals surface area (Å²) in [6, 6.07) is 13.5. The molecule has 2 N–H and O–H groups in total. The van der Waals surface area contributed by atoms with Gasteiger partial charge in [0.15, 0.2) is 15.7 Å². The van der Waals surface area contributed by atoms with Crippen molar-refractivity contribution in [2.45, 2.75) is 24.8 Å². The summed E-state index contributed by atoms with van der Waals surface area (Å²) in [5.74, 6) is 1.52. The molecule has 0 radical (unpaired) electrons. The number of H-pyrrole nitrogens is 1. The van der Waals surface area contributed by atoms with Gasteiger partial charge in [0.05, 0.1) is 24.6 Å². The van der Waals surface area contributed by atoms with Crippen molar-refractivity contribution < 1.29 is 22.6 Å². The number of sulfone groups is 1. The smallest absolute Gasteiger partial charge is 0.262 e. The third-order valence-electron chi connectivity index (χ3n) is 5.75. The minimum Gasteiger partial charge on any atom is -0.497 e. The van der Waals surface area contributed by atoms with Gasteiger partial charge >= 0.3 is 0 Å². The van der Waals surface area contributed by atoms with Crippen LogP contribution >= 0.6 is 0 Å². The molecule has 38 heavy (non-hydrogen) atoms. The van der Waals surface area contributed by atoms with Crippen molar-refractivity contribution in [2.24, 2.45) is 0 Å². The summed E-state index contributed by atoms with van der Waals surface area (Å²) < 4.78 is 41.1. The first-order valence-corrected chi connectivity index (χ1v) is 13.8. The molecule has 0 atom stereocenters. The van der Waals surface area contributed by atoms with Gasteiger partial charge in [-0.15, -0.1) is 0 Å². The molecule has 11 heteroatoms. The minimum atomic E-state index is -3.44. The standard InChI is InChI=1S/C27H30N4O6S/c1-16(2)28-11-12-37-22-10-9-20(29-25(22)17-7-6-8-19(13-17)38(5,33)34)26-30-21-14-18(35-3)15-23(36-4)24(21)27(32)31-26/h6-10,13-16,28H,11-12H2,1-5H3,(H,30,31,32). The predicted octanol–water partition coefficient (Wildman–Crippen LogP) is 3.45. The number of ether oxygens (including phenoxy) is 3. The van der Waals surface area contributed by atoms with Crippen molar-refractivity contribution >= 4 is 20.7 Å². The Morgan fingerprint density at radius 2 is 1.79 bits per heavy atom. The van der Waals surface area contributed by atoms with E-state index in [9.17, 15) is 13.2 Å². The Balaban J connectivity index is 1.84. The van der Waals surface area contributed by atoms with E-state index >= 15 is 0 Å². The second-order valence-corrected chi connectivity index (χ2v) is 11.0. The number of nitrogens with one attached hydrogen (secondary N) is 2. The molecule has 0 saturated heterocycles. The monoisotopic (exact) mass is 538 g/mol. The summed E-state index contributed by atoms with van der Waals surface area (Å²) in [5.41, 5.74) is 1.32. The van der Waals surface area contributed by atoms with Crippen molar-refractivity contribution in [1.82, 2.24) is 20.3 Å². The van der Waals surface area contributed by atoms with E-state index in [1.165, 1.54) is 20.3 Å². The highest BCUT2D eigenvalue weighted by Crippen LogP contribution is 2.33. The molecular weight excluding hydrogens is 508 g/mol. The van der Waals surface area contributed by atoms with Crippen LogP contribution in [0.15, 0.2) is 58.2 Å². The van der Waals surface area contributed by atoms with Crippen LogP contribution in [0.3, 0.4) is 0 Å². The van der Waals surface area contributed by atoms with Gasteiger partial charge in [-0.1, -0.05) is 26.0 Å². The third-order valence-corrected chi connectivity index (χ3v) is 6.86. The molecule has 0 saturated carbocycles. The molecular formula is C27H30N4O6S. The van der Waals surface area contributed by atoms with E-state index < -0.39 is 15.4 Å². The highest BCUT2D eigenvalue weighted by molar-refractivity contribution is 7.90. The summed E-state index contributed by atoms with van der Waals surface area (Å²) in [5, 5.41) is 3.58. The summed E-state index contributed by atoms with van der Waals surface area (Å²) in [4.78, 5) is 25.3. The van der Waals surface area contributed by atoms with Crippen molar-refractivity contribution in [3.8, 4) is 40.0 Å². The predicted molar refractivity (Wildman–Crippen MR) is 146 cm³/mol. The van der Waals surface area contributed by atoms with E-state index in [4.69, 9.17) is 19.2 Å². The zero-order valence-corrected chi connectivity index (χ0v) is 22.7. The van der Waals surface area contributed by atoms with E-state index in [-0.39, 0.29) is 16.1 Å². The molecule has 0 bridgehead atoms. The second-order valence-electron chi connectivity index (χ2n) is 8.94. The van der Waals surface area contributed by atoms with Crippen molar-refractivity contribution in [3.63, 3.8) is 0 Å². The van der Waals surface area contributed by atoms with E-state index in [1.54, 1.807) is 42.5 Å². The maximum atomic E-state index is 13.0. The number of fused-ring (bicyclic) bond motifs is 1. The molecule has 10 nitrogen and oxygen atoms in total. The summed E-state index contributed by atoms with van der Waals surface area (Å²) in [7, 11) is -0.460. The number of nitrogens with zero attached hydrogens (tertiary/aromatic N) is 2. The van der Waals surface area contributed by atoms with Crippen LogP contribution in [0.4, 0.5) is 0 Å². The second kappa shape index (κ2) is 11.2. The van der Waals surface area contributed by atoms with Gasteiger partial charge in [0.1, 0.15) is 40.6 Å². The summed E-state index contributed by atoms with van der Waals surface area (Å²) in [6.45, 7) is 5.08. The lowest BCUT2D eigenvalue weighted by Gasteiger charge is -2.15. The Morgan fingerprint density at radius 1 is 1.00 bits per heavy atom. The van der Waals surface area contributed by atoms with Crippen LogP contribution in [0.1, 0.15) is 13.8 Å². The maximum Gasteiger partial charge on any atom is 0.262 e. The third kappa shape index (κ3) is 5.95. The normalized spacial score (nSPS) is 11.6. The van der Waals surface area contributed by atoms with Crippen LogP contribution in [-0.2, 0) is 9.84 Å². The maximum absolute atomic E-state index is 13.0. The lowest BCUT2D eigenvalue weighted by molar-refractivity contribution is 0.309. The van der Waals surface area contributed by atoms with Crippen LogP contribution in [0.25, 0.3) is 33.7 Å². The SMILES string of the molecule is COc1cc(OC)c2c(=O)[nH]c(-c3ccc(OCCNC(C)C)c(-c4cccc(S(C)(=O)=O)c4)n3)nc2c1. The molecule has 0 fully saturated rings. The number of benzene rings is 2. The minimum absolute atomic E-state index is 0.158. The Labute approximate surface area is 220 Å². The molecule has 200 valence electrons. The number of aromatic nitrogens is 3. The van der Waals surface area contributed by atoms with E-state index in [0.717, 1.165) is 6.26 Å². The Morgan fingerprint density at radius 3 is 2.47 bits per heavy atom. The number of rotatable bonds is 10. The average Bonchev–Trinajstić information content (AvgIpc) is 2.89. The number of hydrogen-bond acceptors (Lipinski definition) is 9. The molecule has 0 unspecified atom stereocenters. The number of hydrogen-bond donors (Lipinski definition) is 2. The first-order valence-electron chi connectivity index (χ1n) is 11.9. The van der Waals surface area contributed by atoms with Crippen molar-refractivity contribution in [3.05, 3.63) is 58.9 Å². The van der Waals surface area contributed by atoms with Crippen LogP contribution < -0.4 is 25.1 Å². The Kier molecular flexibility index (Phi) is 7.98. The van der Waals surface area contributed by atoms with Crippen LogP contribution in [0.2, 0.25) is 0 Å². The molecule has 2 aromatic carbocycles. The Hall–Kier alpha value is -3.96. The van der Waals surface area contributed by atoms with Gasteiger partial charge in [-0.2, -0.15) is 0 Å². The van der Waals surface area contributed by atoms with Gasteiger partial charge < -0.3 is 24.5 Å². The quantitative estimate of drug-likeness (QED) is 0.291. The van der Waals surface area contributed by atoms with E-state index in [1.807, 2.05) is 13.8 Å². The van der Waals surface area contributed by atoms with Crippen LogP contribution in [-0.4, -0.2) is 63.0 Å². The van der Waals surface area contributed by atoms with Gasteiger partial charge in [-0.25, -0.2) is 18.4 Å². The molecule has 2 aromatic heterocycles. The van der Waals surface area contributed by atoms with E-state index in [0.29, 0.717) is 58.9 Å². The molecule has 0 spiro atoms. The van der Waals surface area contributed by atoms with Gasteiger partial charge in [-0.3, -0.25) is 4.79 Å². The number of aromatic amines is 1. The summed E-state index contributed by atoms with van der Waals surface area (Å²) in [6.07, 6.45) is 1.15. The van der Waals surface area contributed by atoms with Crippen molar-refractivity contribution in [1.29, 1.82) is 0 Å². The fourth-order valence-corrected chi connectivity index (χ4v) is 4.56. The van der Waals surface area contributed by atoms with E-state index in [2.05, 4.69) is 15.3 Å². The van der Waals surface area contributed by atoms with Crippen LogP contribution in [0, 0.1) is 0 Å². The molecule has 0 aliphatic rings. The molecule has 4 aromatic rings. The summed E-state index contributed by atoms with van der Waals surface area (Å²) >= 11 is 0. The molecule has 0 amide bonds. The zero-order chi connectivity index (χ0) is 27.4. The number of methoxy groups -OCH3 is 2. The Bertz CT molecular complexity index is 1630. The van der Waals surface area contributed by atoms with Gasteiger partial charge in [0.25, 0.3) is 5.56 Å². The van der Waals surface area contributed by atoms with Crippen LogP contribution in [0.5, 0.6) is 17.2 Å². The van der Waals surface area contributed by atoms with Gasteiger partial charge in [-0.05, 0) is 24.3 Å². The first-order chi connectivity index (χ1) is 18.1. The highest BCUT2D eigenvalue weighted by atomic mass is 32.2. The highest BCUT2D eigenvalue weighted by Gasteiger charge is 2.17. The molecule has 0 aliphatic carbocycles. The lowest BCUT2D eigenvalue weighted by Crippen LogP contribution is -2.27. The fourth-order valence-electron chi connectivity index (χ4n) is 3.90. The molecule has 2 heterocycles. The zero-order valence-electron chi connectivity index (χ0n) is 21.9.